The second kappa shape index (κ2) is 6.42. The van der Waals surface area contributed by atoms with Gasteiger partial charge in [-0.25, -0.2) is 4.99 Å². The summed E-state index contributed by atoms with van der Waals surface area (Å²) in [5, 5.41) is 10.5. The van der Waals surface area contributed by atoms with Gasteiger partial charge in [0.25, 0.3) is 5.91 Å². The predicted octanol–water partition coefficient (Wildman–Crippen LogP) is 3.66. The molecule has 0 radical (unpaired) electrons. The van der Waals surface area contributed by atoms with Crippen molar-refractivity contribution in [3.05, 3.63) is 52.4 Å². The Morgan fingerprint density at radius 1 is 1.19 bits per heavy atom. The molecule has 1 saturated heterocycles. The Balaban J connectivity index is 1.63. The van der Waals surface area contributed by atoms with Crippen molar-refractivity contribution < 1.29 is 19.4 Å². The first kappa shape index (κ1) is 16.5. The van der Waals surface area contributed by atoms with Crippen molar-refractivity contribution in [2.45, 2.75) is 6.92 Å². The number of ether oxygens (including phenoxy) is 2. The Morgan fingerprint density at radius 3 is 2.81 bits per heavy atom. The number of fused-ring (bicyclic) bond motifs is 1. The van der Waals surface area contributed by atoms with Crippen LogP contribution in [0.5, 0.6) is 17.2 Å². The van der Waals surface area contributed by atoms with Gasteiger partial charge >= 0.3 is 0 Å². The second-order valence-electron chi connectivity index (χ2n) is 5.97. The van der Waals surface area contributed by atoms with Crippen LogP contribution >= 0.6 is 11.8 Å². The topological polar surface area (TPSA) is 71.4 Å². The molecule has 1 N–H and O–H groups in total. The number of nitrogens with zero attached hydrogens (tertiary/aromatic N) is 2. The fraction of sp³-hybridized carbons (Fsp3) is 0.158. The molecule has 0 aliphatic carbocycles. The van der Waals surface area contributed by atoms with E-state index in [9.17, 15) is 9.90 Å². The van der Waals surface area contributed by atoms with Gasteiger partial charge in [-0.05, 0) is 60.2 Å². The van der Waals surface area contributed by atoms with Crippen LogP contribution in [0.15, 0.2) is 46.3 Å². The number of carbonyl (C=O) groups excluding carboxylic acids is 1. The number of hydrogen-bond donors (Lipinski definition) is 1. The summed E-state index contributed by atoms with van der Waals surface area (Å²) in [6, 6.07) is 10.8. The molecular weight excluding hydrogens is 352 g/mol. The van der Waals surface area contributed by atoms with Gasteiger partial charge in [0.05, 0.1) is 4.91 Å². The van der Waals surface area contributed by atoms with Gasteiger partial charge in [-0.15, -0.1) is 0 Å². The molecule has 2 aliphatic heterocycles. The number of rotatable bonds is 2. The first-order chi connectivity index (χ1) is 12.5. The van der Waals surface area contributed by atoms with Gasteiger partial charge in [-0.2, -0.15) is 0 Å². The van der Waals surface area contributed by atoms with E-state index < -0.39 is 0 Å². The third-order valence-electron chi connectivity index (χ3n) is 4.04. The van der Waals surface area contributed by atoms with Gasteiger partial charge in [-0.3, -0.25) is 9.69 Å². The van der Waals surface area contributed by atoms with Gasteiger partial charge in [0.15, 0.2) is 16.7 Å². The van der Waals surface area contributed by atoms with Crippen molar-refractivity contribution >= 4 is 34.6 Å². The monoisotopic (exact) mass is 368 g/mol. The largest absolute Gasteiger partial charge is 0.506 e. The third-order valence-corrected chi connectivity index (χ3v) is 5.11. The molecule has 4 rings (SSSR count). The van der Waals surface area contributed by atoms with Crippen molar-refractivity contribution in [3.63, 3.8) is 0 Å². The number of aromatic hydroxyl groups is 1. The summed E-state index contributed by atoms with van der Waals surface area (Å²) in [7, 11) is 1.67. The van der Waals surface area contributed by atoms with Crippen molar-refractivity contribution in [1.82, 2.24) is 4.90 Å². The fourth-order valence-corrected chi connectivity index (χ4v) is 3.62. The number of thioether (sulfide) groups is 1. The van der Waals surface area contributed by atoms with Gasteiger partial charge in [-0.1, -0.05) is 12.1 Å². The Labute approximate surface area is 154 Å². The van der Waals surface area contributed by atoms with Crippen molar-refractivity contribution in [2.75, 3.05) is 13.8 Å². The maximum Gasteiger partial charge on any atom is 0.266 e. The van der Waals surface area contributed by atoms with E-state index in [-0.39, 0.29) is 18.4 Å². The zero-order valence-corrected chi connectivity index (χ0v) is 15.0. The molecule has 2 aromatic rings. The average Bonchev–Trinajstić information content (AvgIpc) is 3.18. The summed E-state index contributed by atoms with van der Waals surface area (Å²) in [5.74, 6) is 1.32. The molecule has 1 fully saturated rings. The highest BCUT2D eigenvalue weighted by atomic mass is 32.2. The van der Waals surface area contributed by atoms with E-state index in [4.69, 9.17) is 9.47 Å². The van der Waals surface area contributed by atoms with Gasteiger partial charge < -0.3 is 14.6 Å². The van der Waals surface area contributed by atoms with Crippen LogP contribution in [0.25, 0.3) is 6.08 Å². The van der Waals surface area contributed by atoms with Crippen LogP contribution in [-0.4, -0.2) is 34.9 Å². The van der Waals surface area contributed by atoms with E-state index in [0.29, 0.717) is 27.3 Å². The zero-order chi connectivity index (χ0) is 18.3. The van der Waals surface area contributed by atoms with E-state index in [1.807, 2.05) is 31.2 Å². The molecule has 132 valence electrons. The van der Waals surface area contributed by atoms with Crippen LogP contribution < -0.4 is 9.47 Å². The average molecular weight is 368 g/mol. The Hall–Kier alpha value is -2.93. The highest BCUT2D eigenvalue weighted by Gasteiger charge is 2.30. The molecule has 2 aliphatic rings. The fourth-order valence-electron chi connectivity index (χ4n) is 2.64. The second-order valence-corrected chi connectivity index (χ2v) is 6.98. The lowest BCUT2D eigenvalue weighted by molar-refractivity contribution is -0.121. The molecule has 7 heteroatoms. The van der Waals surface area contributed by atoms with E-state index in [0.717, 1.165) is 11.1 Å². The number of hydrogen-bond acceptors (Lipinski definition) is 6. The number of aryl methyl sites for hydroxylation is 1. The van der Waals surface area contributed by atoms with E-state index in [2.05, 4.69) is 4.99 Å². The number of likely N-dealkylation sites (N-methyl/N-ethyl adjacent to an activating group) is 1. The summed E-state index contributed by atoms with van der Waals surface area (Å²) < 4.78 is 10.7. The number of benzene rings is 2. The lowest BCUT2D eigenvalue weighted by Crippen LogP contribution is -2.23. The number of aliphatic imine (C=N–C) groups is 1. The Kier molecular flexibility index (Phi) is 4.08. The maximum atomic E-state index is 12.5. The summed E-state index contributed by atoms with van der Waals surface area (Å²) >= 11 is 1.27. The Morgan fingerprint density at radius 2 is 2.00 bits per heavy atom. The minimum absolute atomic E-state index is 0.0900. The molecule has 0 atom stereocenters. The molecule has 0 unspecified atom stereocenters. The zero-order valence-electron chi connectivity index (χ0n) is 14.2. The molecule has 6 nitrogen and oxygen atoms in total. The third kappa shape index (κ3) is 3.01. The van der Waals surface area contributed by atoms with Crippen LogP contribution in [0, 0.1) is 6.92 Å². The molecule has 2 heterocycles. The molecule has 0 saturated carbocycles. The molecule has 0 spiro atoms. The highest BCUT2D eigenvalue weighted by molar-refractivity contribution is 8.18. The first-order valence-corrected chi connectivity index (χ1v) is 8.78. The van der Waals surface area contributed by atoms with Crippen molar-refractivity contribution in [3.8, 4) is 17.2 Å². The number of amidine groups is 1. The van der Waals surface area contributed by atoms with E-state index in [1.54, 1.807) is 25.3 Å². The number of amides is 1. The van der Waals surface area contributed by atoms with Crippen molar-refractivity contribution in [1.29, 1.82) is 0 Å². The summed E-state index contributed by atoms with van der Waals surface area (Å²) in [6.07, 6.45) is 1.79. The van der Waals surface area contributed by atoms with Crippen LogP contribution in [0.3, 0.4) is 0 Å². The number of phenolic OH excluding ortho intramolecular Hbond substituents is 1. The highest BCUT2D eigenvalue weighted by Crippen LogP contribution is 2.37. The molecule has 26 heavy (non-hydrogen) atoms. The van der Waals surface area contributed by atoms with Crippen LogP contribution in [0.1, 0.15) is 11.1 Å². The maximum absolute atomic E-state index is 12.5. The quantitative estimate of drug-likeness (QED) is 0.819. The number of carbonyl (C=O) groups is 1. The standard InChI is InChI=1S/C19H16N2O4S/c1-11-3-5-13(14(22)7-11)20-19-21(2)18(23)17(26-19)9-12-4-6-15-16(8-12)25-10-24-15/h3-9,22H,10H2,1-2H3/b17-9-,20-19?. The number of phenols is 1. The lowest BCUT2D eigenvalue weighted by Gasteiger charge is -2.08. The van der Waals surface area contributed by atoms with Crippen LogP contribution in [0.4, 0.5) is 5.69 Å². The minimum Gasteiger partial charge on any atom is -0.506 e. The first-order valence-electron chi connectivity index (χ1n) is 7.97. The van der Waals surface area contributed by atoms with E-state index >= 15 is 0 Å². The molecule has 0 aromatic heterocycles. The lowest BCUT2D eigenvalue weighted by atomic mass is 10.2. The molecular formula is C19H16N2O4S. The van der Waals surface area contributed by atoms with Crippen LogP contribution in [0.2, 0.25) is 0 Å². The molecule has 2 aromatic carbocycles. The normalized spacial score (nSPS) is 19.0. The summed E-state index contributed by atoms with van der Waals surface area (Å²) in [4.78, 5) is 19.0. The van der Waals surface area contributed by atoms with Crippen LogP contribution in [-0.2, 0) is 4.79 Å². The summed E-state index contributed by atoms with van der Waals surface area (Å²) in [5.41, 5.74) is 2.22. The SMILES string of the molecule is Cc1ccc(N=C2S/C(=C\c3ccc4c(c3)OCO4)C(=O)N2C)c(O)c1. The smallest absolute Gasteiger partial charge is 0.266 e. The van der Waals surface area contributed by atoms with Gasteiger partial charge in [0.1, 0.15) is 11.4 Å². The van der Waals surface area contributed by atoms with Gasteiger partial charge in [0, 0.05) is 7.05 Å². The summed E-state index contributed by atoms with van der Waals surface area (Å²) in [6.45, 7) is 2.10. The molecule has 1 amide bonds. The molecule has 0 bridgehead atoms. The minimum atomic E-state index is -0.141. The van der Waals surface area contributed by atoms with E-state index in [1.165, 1.54) is 16.7 Å². The van der Waals surface area contributed by atoms with Gasteiger partial charge in [0.2, 0.25) is 6.79 Å². The Bertz CT molecular complexity index is 968. The predicted molar refractivity (Wildman–Crippen MR) is 101 cm³/mol. The van der Waals surface area contributed by atoms with Crippen molar-refractivity contribution in [2.24, 2.45) is 4.99 Å².